The van der Waals surface area contributed by atoms with Gasteiger partial charge in [0.15, 0.2) is 0 Å². The topological polar surface area (TPSA) is 88.7 Å². The van der Waals surface area contributed by atoms with Gasteiger partial charge in [-0.15, -0.1) is 11.8 Å². The van der Waals surface area contributed by atoms with Gasteiger partial charge in [0.2, 0.25) is 5.91 Å². The second kappa shape index (κ2) is 12.8. The lowest BCUT2D eigenvalue weighted by atomic mass is 10.0. The van der Waals surface area contributed by atoms with Crippen LogP contribution in [-0.4, -0.2) is 56.7 Å². The summed E-state index contributed by atoms with van der Waals surface area (Å²) < 4.78 is 11.9. The Bertz CT molecular complexity index is 914. The van der Waals surface area contributed by atoms with Crippen molar-refractivity contribution in [2.24, 2.45) is 0 Å². The molecule has 3 N–H and O–H groups in total. The Balaban J connectivity index is 1.47. The van der Waals surface area contributed by atoms with E-state index >= 15 is 0 Å². The molecule has 2 aromatic carbocycles. The first kappa shape index (κ1) is 24.6. The molecule has 172 valence electrons. The molecule has 1 aliphatic rings. The van der Waals surface area contributed by atoms with Gasteiger partial charge in [0.05, 0.1) is 19.3 Å². The van der Waals surface area contributed by atoms with Crippen LogP contribution in [0, 0.1) is 0 Å². The number of aryl methyl sites for hydroxylation is 1. The zero-order valence-corrected chi connectivity index (χ0v) is 20.3. The first-order valence-electron chi connectivity index (χ1n) is 10.5. The van der Waals surface area contributed by atoms with Crippen molar-refractivity contribution in [3.63, 3.8) is 0 Å². The second-order valence-corrected chi connectivity index (χ2v) is 9.40. The molecule has 7 nitrogen and oxygen atoms in total. The number of para-hydroxylation sites is 1. The van der Waals surface area contributed by atoms with Gasteiger partial charge in [-0.2, -0.15) is 0 Å². The van der Waals surface area contributed by atoms with E-state index in [0.29, 0.717) is 0 Å². The van der Waals surface area contributed by atoms with Crippen molar-refractivity contribution in [3.8, 4) is 0 Å². The number of hydrogen-bond acceptors (Lipinski definition) is 6. The molecule has 1 fully saturated rings. The standard InChI is InChI=1S/C23H28BrN3O4S/c1-30-23(29)26-14-22(28)27-21-8-3-2-5-16(21)9-10-18-12-25-13-19(31-18)15-32-20-7-4-6-17(24)11-20/h2-8,11,18-19,25H,9-10,12-15H2,1H3,(H,26,29)(H,27,28)/t18-,19+/m1/s1. The number of halogens is 1. The van der Waals surface area contributed by atoms with E-state index in [1.54, 1.807) is 11.8 Å². The number of nitrogens with one attached hydrogen (secondary N) is 3. The number of alkyl carbamates (subject to hydrolysis) is 1. The molecule has 1 saturated heterocycles. The number of amides is 2. The molecule has 2 aromatic rings. The van der Waals surface area contributed by atoms with Gasteiger partial charge in [-0.1, -0.05) is 40.2 Å². The predicted octanol–water partition coefficient (Wildman–Crippen LogP) is 3.83. The second-order valence-electron chi connectivity index (χ2n) is 7.40. The van der Waals surface area contributed by atoms with Crippen molar-refractivity contribution >= 4 is 45.4 Å². The number of carbonyl (C=O) groups is 2. The number of benzene rings is 2. The lowest BCUT2D eigenvalue weighted by Crippen LogP contribution is -2.45. The highest BCUT2D eigenvalue weighted by molar-refractivity contribution is 9.10. The molecule has 0 spiro atoms. The third kappa shape index (κ3) is 8.12. The Morgan fingerprint density at radius 2 is 2.00 bits per heavy atom. The molecule has 1 heterocycles. The minimum absolute atomic E-state index is 0.113. The average Bonchev–Trinajstić information content (AvgIpc) is 2.81. The van der Waals surface area contributed by atoms with Crippen molar-refractivity contribution in [2.45, 2.75) is 29.9 Å². The molecule has 0 unspecified atom stereocenters. The van der Waals surface area contributed by atoms with Gasteiger partial charge in [0, 0.05) is 33.9 Å². The largest absolute Gasteiger partial charge is 0.453 e. The summed E-state index contributed by atoms with van der Waals surface area (Å²) in [5, 5.41) is 8.72. The van der Waals surface area contributed by atoms with Crippen molar-refractivity contribution in [1.29, 1.82) is 0 Å². The Morgan fingerprint density at radius 3 is 2.81 bits per heavy atom. The van der Waals surface area contributed by atoms with Crippen LogP contribution in [0.5, 0.6) is 0 Å². The zero-order chi connectivity index (χ0) is 22.8. The molecular formula is C23H28BrN3O4S. The number of anilines is 1. The predicted molar refractivity (Wildman–Crippen MR) is 130 cm³/mol. The van der Waals surface area contributed by atoms with E-state index in [1.165, 1.54) is 12.0 Å². The number of thioether (sulfide) groups is 1. The zero-order valence-electron chi connectivity index (χ0n) is 17.9. The van der Waals surface area contributed by atoms with Crippen LogP contribution in [0.25, 0.3) is 0 Å². The highest BCUT2D eigenvalue weighted by atomic mass is 79.9. The number of morpholine rings is 1. The van der Waals surface area contributed by atoms with Crippen LogP contribution in [0.1, 0.15) is 12.0 Å². The van der Waals surface area contributed by atoms with Crippen molar-refractivity contribution in [2.75, 3.05) is 37.8 Å². The van der Waals surface area contributed by atoms with Gasteiger partial charge in [-0.3, -0.25) is 4.79 Å². The monoisotopic (exact) mass is 521 g/mol. The Labute approximate surface area is 201 Å². The van der Waals surface area contributed by atoms with Crippen LogP contribution >= 0.6 is 27.7 Å². The highest BCUT2D eigenvalue weighted by Gasteiger charge is 2.22. The van der Waals surface area contributed by atoms with E-state index in [2.05, 4.69) is 48.7 Å². The summed E-state index contributed by atoms with van der Waals surface area (Å²) in [5.74, 6) is 0.586. The van der Waals surface area contributed by atoms with E-state index in [0.717, 1.165) is 47.4 Å². The summed E-state index contributed by atoms with van der Waals surface area (Å²) in [6.07, 6.45) is 1.25. The van der Waals surface area contributed by atoms with E-state index in [-0.39, 0.29) is 24.7 Å². The molecule has 9 heteroatoms. The highest BCUT2D eigenvalue weighted by Crippen LogP contribution is 2.25. The van der Waals surface area contributed by atoms with Crippen molar-refractivity contribution in [1.82, 2.24) is 10.6 Å². The molecular weight excluding hydrogens is 494 g/mol. The van der Waals surface area contributed by atoms with Crippen LogP contribution in [-0.2, 0) is 20.7 Å². The fourth-order valence-electron chi connectivity index (χ4n) is 3.38. The molecule has 2 amide bonds. The van der Waals surface area contributed by atoms with Crippen LogP contribution in [0.2, 0.25) is 0 Å². The Morgan fingerprint density at radius 1 is 1.19 bits per heavy atom. The minimum Gasteiger partial charge on any atom is -0.453 e. The fraction of sp³-hybridized carbons (Fsp3) is 0.391. The maximum atomic E-state index is 12.1. The van der Waals surface area contributed by atoms with Gasteiger partial charge < -0.3 is 25.4 Å². The molecule has 0 aromatic heterocycles. The van der Waals surface area contributed by atoms with E-state index < -0.39 is 6.09 Å². The molecule has 0 saturated carbocycles. The average molecular weight is 522 g/mol. The smallest absolute Gasteiger partial charge is 0.407 e. The summed E-state index contributed by atoms with van der Waals surface area (Å²) in [6, 6.07) is 16.0. The maximum Gasteiger partial charge on any atom is 0.407 e. The summed E-state index contributed by atoms with van der Waals surface area (Å²) in [6.45, 7) is 1.51. The molecule has 0 aliphatic carbocycles. The van der Waals surface area contributed by atoms with Gasteiger partial charge in [-0.25, -0.2) is 4.79 Å². The summed E-state index contributed by atoms with van der Waals surface area (Å²) in [4.78, 5) is 24.5. The lowest BCUT2D eigenvalue weighted by Gasteiger charge is -2.31. The van der Waals surface area contributed by atoms with Gasteiger partial charge in [0.1, 0.15) is 6.54 Å². The Hall–Kier alpha value is -2.07. The quantitative estimate of drug-likeness (QED) is 0.434. The first-order valence-corrected chi connectivity index (χ1v) is 12.3. The van der Waals surface area contributed by atoms with Gasteiger partial charge >= 0.3 is 6.09 Å². The number of carbonyl (C=O) groups excluding carboxylic acids is 2. The third-order valence-electron chi connectivity index (χ3n) is 4.97. The van der Waals surface area contributed by atoms with Gasteiger partial charge in [0.25, 0.3) is 0 Å². The number of methoxy groups -OCH3 is 1. The first-order chi connectivity index (χ1) is 15.5. The summed E-state index contributed by atoms with van der Waals surface area (Å²) >= 11 is 5.31. The fourth-order valence-corrected chi connectivity index (χ4v) is 4.89. The Kier molecular flexibility index (Phi) is 9.86. The minimum atomic E-state index is -0.636. The summed E-state index contributed by atoms with van der Waals surface area (Å²) in [7, 11) is 1.26. The third-order valence-corrected chi connectivity index (χ3v) is 6.59. The van der Waals surface area contributed by atoms with E-state index in [4.69, 9.17) is 4.74 Å². The van der Waals surface area contributed by atoms with Crippen LogP contribution in [0.3, 0.4) is 0 Å². The lowest BCUT2D eigenvalue weighted by molar-refractivity contribution is -0.115. The van der Waals surface area contributed by atoms with E-state index in [9.17, 15) is 9.59 Å². The number of rotatable bonds is 9. The maximum absolute atomic E-state index is 12.1. The normalized spacial score (nSPS) is 18.1. The van der Waals surface area contributed by atoms with Crippen LogP contribution in [0.4, 0.5) is 10.5 Å². The van der Waals surface area contributed by atoms with Crippen LogP contribution in [0.15, 0.2) is 57.9 Å². The molecule has 1 aliphatic heterocycles. The van der Waals surface area contributed by atoms with Crippen molar-refractivity contribution < 1.29 is 19.1 Å². The molecule has 3 rings (SSSR count). The number of ether oxygens (including phenoxy) is 2. The molecule has 0 radical (unpaired) electrons. The van der Waals surface area contributed by atoms with E-state index in [1.807, 2.05) is 36.4 Å². The SMILES string of the molecule is COC(=O)NCC(=O)Nc1ccccc1CC[C@@H]1CNC[C@@H](CSc2cccc(Br)c2)O1. The number of hydrogen-bond donors (Lipinski definition) is 3. The molecule has 32 heavy (non-hydrogen) atoms. The van der Waals surface area contributed by atoms with Gasteiger partial charge in [-0.05, 0) is 42.7 Å². The van der Waals surface area contributed by atoms with Crippen LogP contribution < -0.4 is 16.0 Å². The van der Waals surface area contributed by atoms with Crippen molar-refractivity contribution in [3.05, 3.63) is 58.6 Å². The summed E-state index contributed by atoms with van der Waals surface area (Å²) in [5.41, 5.74) is 1.78. The molecule has 2 atom stereocenters. The molecule has 0 bridgehead atoms.